The van der Waals surface area contributed by atoms with Gasteiger partial charge in [-0.2, -0.15) is 0 Å². The van der Waals surface area contributed by atoms with Gasteiger partial charge in [0.25, 0.3) is 0 Å². The first-order valence-electron chi connectivity index (χ1n) is 21.2. The molecule has 58 heavy (non-hydrogen) atoms. The second-order valence-corrected chi connectivity index (χ2v) is 17.2. The smallest absolute Gasteiger partial charge is 0.340 e. The van der Waals surface area contributed by atoms with Crippen LogP contribution in [0.25, 0.3) is 16.7 Å². The molecule has 7 aliphatic rings. The van der Waals surface area contributed by atoms with E-state index in [1.165, 1.54) is 0 Å². The number of piperidine rings is 1. The third-order valence-corrected chi connectivity index (χ3v) is 14.2. The van der Waals surface area contributed by atoms with Crippen LogP contribution in [0.4, 0.5) is 0 Å². The molecule has 9 nitrogen and oxygen atoms in total. The largest absolute Gasteiger partial charge is 0.508 e. The van der Waals surface area contributed by atoms with Gasteiger partial charge in [0.15, 0.2) is 0 Å². The molecule has 302 valence electrons. The molecule has 10 rings (SSSR count). The normalized spacial score (nSPS) is 29.9. The predicted molar refractivity (Wildman–Crippen MR) is 221 cm³/mol. The number of phenols is 1. The Morgan fingerprint density at radius 2 is 1.72 bits per heavy atom. The number of fused-ring (bicyclic) bond motifs is 1. The number of allylic oxidation sites excluding steroid dienone is 5. The summed E-state index contributed by atoms with van der Waals surface area (Å²) in [7, 11) is 1.95. The Bertz CT molecular complexity index is 2190. The van der Waals surface area contributed by atoms with Gasteiger partial charge >= 0.3 is 11.9 Å². The van der Waals surface area contributed by atoms with Gasteiger partial charge in [0.2, 0.25) is 0 Å². The number of aliphatic hydroxyl groups excluding tert-OH is 2. The van der Waals surface area contributed by atoms with Gasteiger partial charge in [-0.1, -0.05) is 66.7 Å². The molecule has 1 saturated carbocycles. The lowest BCUT2D eigenvalue weighted by Crippen LogP contribution is -2.52. The molecule has 3 heterocycles. The number of hydrogen-bond acceptors (Lipinski definition) is 9. The molecule has 2 bridgehead atoms. The maximum Gasteiger partial charge on any atom is 0.340 e. The summed E-state index contributed by atoms with van der Waals surface area (Å²) >= 11 is 0. The maximum atomic E-state index is 14.7. The topological polar surface area (TPSA) is 137 Å². The van der Waals surface area contributed by atoms with Gasteiger partial charge in [0.05, 0.1) is 17.2 Å². The first-order valence-corrected chi connectivity index (χ1v) is 21.2. The average Bonchev–Trinajstić information content (AvgIpc) is 3.73. The number of hydrogen-bond donors (Lipinski definition) is 5. The van der Waals surface area contributed by atoms with Crippen LogP contribution in [0.3, 0.4) is 0 Å². The number of carbonyl (C=O) groups is 2. The fourth-order valence-electron chi connectivity index (χ4n) is 11.7. The van der Waals surface area contributed by atoms with Crippen LogP contribution in [0.1, 0.15) is 62.5 Å². The predicted octanol–water partition coefficient (Wildman–Crippen LogP) is 7.21. The Morgan fingerprint density at radius 3 is 2.48 bits per heavy atom. The van der Waals surface area contributed by atoms with E-state index in [1.54, 1.807) is 12.1 Å². The fraction of sp³-hybridized carbons (Fsp3) is 0.429. The lowest BCUT2D eigenvalue weighted by atomic mass is 9.44. The molecule has 3 aromatic rings. The number of aliphatic hydroxyl groups is 2. The molecule has 9 heteroatoms. The van der Waals surface area contributed by atoms with E-state index >= 15 is 0 Å². The zero-order valence-electron chi connectivity index (χ0n) is 33.2. The average molecular weight is 783 g/mol. The molecule has 0 unspecified atom stereocenters. The minimum atomic E-state index is -0.935. The Labute approximate surface area is 340 Å². The molecule has 5 N–H and O–H groups in total. The summed E-state index contributed by atoms with van der Waals surface area (Å²) in [5.74, 6) is 0.395. The second kappa shape index (κ2) is 16.1. The molecule has 0 aromatic heterocycles. The van der Waals surface area contributed by atoms with Gasteiger partial charge in [0.1, 0.15) is 17.3 Å². The van der Waals surface area contributed by atoms with Crippen molar-refractivity contribution in [2.45, 2.75) is 64.0 Å². The number of cyclic esters (lactones) is 2. The fourth-order valence-corrected chi connectivity index (χ4v) is 11.7. The van der Waals surface area contributed by atoms with Crippen LogP contribution >= 0.6 is 0 Å². The van der Waals surface area contributed by atoms with Gasteiger partial charge in [-0.3, -0.25) is 0 Å². The molecule has 8 atom stereocenters. The van der Waals surface area contributed by atoms with Crippen LogP contribution in [-0.4, -0.2) is 60.2 Å². The Kier molecular flexibility index (Phi) is 10.7. The number of carbonyl (C=O) groups excluding carboxylic acids is 2. The molecule has 3 fully saturated rings. The highest BCUT2D eigenvalue weighted by Crippen LogP contribution is 2.72. The molecule has 0 amide bonds. The Hall–Kier alpha value is -4.80. The number of nitrogens with one attached hydrogen (secondary N) is 2. The summed E-state index contributed by atoms with van der Waals surface area (Å²) < 4.78 is 12.7. The SMILES string of the molecule is CN[C@@H]1C[C@H]([C@H](CO)C/C=C2\OC(=O)C3=C2CC[C@H]2[C@H]4CC[C@]5(C(=C4c4cc(O)ccc4-c4ccccc4)C(=O)O/C5=C\[C@H](CCO)Cc4ccccc4)[C@@H]32)CCN1. The number of esters is 2. The van der Waals surface area contributed by atoms with Crippen LogP contribution in [0.15, 0.2) is 119 Å². The molecule has 0 radical (unpaired) electrons. The maximum absolute atomic E-state index is 14.7. The standard InChI is InChI=1S/C49H54N2O7/c1-50-42-26-32(19-22-51-42)33(28-53)12-17-40-38-16-15-37-36-18-21-49(45(37)44(38)47(55)57-40)41(25-30(20-23-52)24-29-8-4-2-5-9-29)58-48(56)46(49)43(36)39-27-34(54)13-14-35(39)31-10-6-3-7-11-31/h2-11,13-14,17,25,27,30,32-33,36-37,42,45,50-54H,12,15-16,18-24,26,28H2,1H3/b40-17-,41-25-/t30-,32-,33+,36-,37+,42+,45-,49-/m1/s1. The van der Waals surface area contributed by atoms with Gasteiger partial charge < -0.3 is 35.4 Å². The molecule has 2 saturated heterocycles. The quantitative estimate of drug-likeness (QED) is 0.121. The van der Waals surface area contributed by atoms with Crippen molar-refractivity contribution in [2.24, 2.45) is 40.9 Å². The zero-order valence-corrected chi connectivity index (χ0v) is 33.2. The van der Waals surface area contributed by atoms with Crippen molar-refractivity contribution in [3.63, 3.8) is 0 Å². The van der Waals surface area contributed by atoms with Crippen molar-refractivity contribution in [2.75, 3.05) is 26.8 Å². The number of phenolic OH excluding ortho intramolecular Hbond substituents is 1. The number of benzene rings is 3. The summed E-state index contributed by atoms with van der Waals surface area (Å²) in [4.78, 5) is 29.1. The van der Waals surface area contributed by atoms with Crippen LogP contribution in [0, 0.1) is 40.9 Å². The summed E-state index contributed by atoms with van der Waals surface area (Å²) in [6, 6.07) is 25.6. The number of ether oxygens (including phenoxy) is 2. The van der Waals surface area contributed by atoms with Crippen LogP contribution in [0.5, 0.6) is 5.75 Å². The minimum Gasteiger partial charge on any atom is -0.508 e. The summed E-state index contributed by atoms with van der Waals surface area (Å²) in [6.45, 7) is 0.919. The first-order chi connectivity index (χ1) is 28.3. The van der Waals surface area contributed by atoms with Gasteiger partial charge in [-0.25, -0.2) is 9.59 Å². The van der Waals surface area contributed by atoms with Gasteiger partial charge in [-0.05, 0) is 153 Å². The van der Waals surface area contributed by atoms with E-state index in [0.29, 0.717) is 60.7 Å². The van der Waals surface area contributed by atoms with Crippen molar-refractivity contribution in [3.05, 3.63) is 130 Å². The summed E-state index contributed by atoms with van der Waals surface area (Å²) in [5.41, 5.74) is 6.01. The first kappa shape index (κ1) is 38.7. The van der Waals surface area contributed by atoms with E-state index in [1.807, 2.05) is 67.7 Å². The highest BCUT2D eigenvalue weighted by atomic mass is 16.6. The van der Waals surface area contributed by atoms with Crippen molar-refractivity contribution >= 4 is 17.5 Å². The van der Waals surface area contributed by atoms with Crippen LogP contribution < -0.4 is 10.6 Å². The van der Waals surface area contributed by atoms with Crippen LogP contribution in [0.2, 0.25) is 0 Å². The third kappa shape index (κ3) is 6.66. The zero-order chi connectivity index (χ0) is 40.0. The molecule has 4 aliphatic carbocycles. The minimum absolute atomic E-state index is 0.0193. The van der Waals surface area contributed by atoms with E-state index in [0.717, 1.165) is 65.6 Å². The number of rotatable bonds is 12. The van der Waals surface area contributed by atoms with Crippen molar-refractivity contribution in [1.29, 1.82) is 0 Å². The number of aromatic hydroxyl groups is 1. The summed E-state index contributed by atoms with van der Waals surface area (Å²) in [6.07, 6.45) is 10.8. The van der Waals surface area contributed by atoms with E-state index in [2.05, 4.69) is 28.8 Å². The van der Waals surface area contributed by atoms with Crippen molar-refractivity contribution in [1.82, 2.24) is 10.6 Å². The lowest BCUT2D eigenvalue weighted by Gasteiger charge is -2.56. The molecular formula is C49H54N2O7. The third-order valence-electron chi connectivity index (χ3n) is 14.2. The summed E-state index contributed by atoms with van der Waals surface area (Å²) in [5, 5.41) is 38.6. The molecule has 3 aromatic carbocycles. The van der Waals surface area contributed by atoms with E-state index < -0.39 is 11.4 Å². The van der Waals surface area contributed by atoms with E-state index in [9.17, 15) is 24.9 Å². The van der Waals surface area contributed by atoms with Gasteiger partial charge in [-0.15, -0.1) is 0 Å². The molecular weight excluding hydrogens is 729 g/mol. The van der Waals surface area contributed by atoms with E-state index in [4.69, 9.17) is 9.47 Å². The lowest BCUT2D eigenvalue weighted by molar-refractivity contribution is -0.135. The van der Waals surface area contributed by atoms with Crippen molar-refractivity contribution < 1.29 is 34.4 Å². The molecule has 1 spiro atoms. The Balaban J connectivity index is 1.19. The monoisotopic (exact) mass is 782 g/mol. The second-order valence-electron chi connectivity index (χ2n) is 17.2. The molecule has 3 aliphatic heterocycles. The highest BCUT2D eigenvalue weighted by Gasteiger charge is 2.68. The van der Waals surface area contributed by atoms with Crippen molar-refractivity contribution in [3.8, 4) is 16.9 Å². The van der Waals surface area contributed by atoms with Gasteiger partial charge in [0, 0.05) is 30.3 Å². The Morgan fingerprint density at radius 1 is 0.931 bits per heavy atom. The van der Waals surface area contributed by atoms with E-state index in [-0.39, 0.29) is 60.7 Å². The highest BCUT2D eigenvalue weighted by molar-refractivity contribution is 6.07. The van der Waals surface area contributed by atoms with Crippen LogP contribution in [-0.2, 0) is 25.5 Å².